The zero-order valence-corrected chi connectivity index (χ0v) is 16.8. The third-order valence-electron chi connectivity index (χ3n) is 5.17. The van der Waals surface area contributed by atoms with Crippen LogP contribution in [0.3, 0.4) is 0 Å². The number of thiophene rings is 2. The molecule has 1 N–H and O–H groups in total. The Morgan fingerprint density at radius 1 is 1.37 bits per heavy atom. The van der Waals surface area contributed by atoms with Gasteiger partial charge in [0, 0.05) is 22.2 Å². The van der Waals surface area contributed by atoms with E-state index in [0.29, 0.717) is 28.4 Å². The molecule has 1 atom stereocenters. The first-order valence-corrected chi connectivity index (χ1v) is 11.1. The third kappa shape index (κ3) is 3.99. The minimum atomic E-state index is -0.564. The van der Waals surface area contributed by atoms with Gasteiger partial charge >= 0.3 is 5.97 Å². The van der Waals surface area contributed by atoms with Gasteiger partial charge in [-0.3, -0.25) is 9.59 Å². The summed E-state index contributed by atoms with van der Waals surface area (Å²) in [5.74, 6) is 0.841. The quantitative estimate of drug-likeness (QED) is 0.569. The predicted octanol–water partition coefficient (Wildman–Crippen LogP) is 5.29. The molecule has 1 aliphatic carbocycles. The molecule has 3 aromatic rings. The second-order valence-corrected chi connectivity index (χ2v) is 8.89. The minimum Gasteiger partial charge on any atom is -0.454 e. The van der Waals surface area contributed by atoms with Gasteiger partial charge in [0.15, 0.2) is 11.9 Å². The number of esters is 1. The molecule has 3 heterocycles. The topological polar surface area (TPSA) is 72.0 Å². The maximum Gasteiger partial charge on any atom is 0.306 e. The van der Waals surface area contributed by atoms with Crippen LogP contribution in [0.15, 0.2) is 27.7 Å². The van der Waals surface area contributed by atoms with Gasteiger partial charge in [-0.2, -0.15) is 0 Å². The van der Waals surface area contributed by atoms with Crippen LogP contribution in [0.1, 0.15) is 57.4 Å². The van der Waals surface area contributed by atoms with Crippen LogP contribution in [0.25, 0.3) is 20.7 Å². The van der Waals surface area contributed by atoms with E-state index in [4.69, 9.17) is 4.74 Å². The Balaban J connectivity index is 1.48. The lowest BCUT2D eigenvalue weighted by Crippen LogP contribution is -2.17. The monoisotopic (exact) mass is 402 g/mol. The molecule has 0 saturated heterocycles. The highest BCUT2D eigenvalue weighted by atomic mass is 32.1. The van der Waals surface area contributed by atoms with Crippen LogP contribution in [0.4, 0.5) is 0 Å². The number of nitrogens with zero attached hydrogens (tertiary/aromatic N) is 1. The molecule has 0 radical (unpaired) electrons. The van der Waals surface area contributed by atoms with E-state index in [-0.39, 0.29) is 11.5 Å². The Morgan fingerprint density at radius 2 is 2.19 bits per heavy atom. The summed E-state index contributed by atoms with van der Waals surface area (Å²) in [6.45, 7) is 1.76. The fourth-order valence-electron chi connectivity index (χ4n) is 3.70. The van der Waals surface area contributed by atoms with Gasteiger partial charge in [-0.1, -0.05) is 31.7 Å². The van der Waals surface area contributed by atoms with Gasteiger partial charge in [-0.25, -0.2) is 4.98 Å². The molecule has 0 aromatic carbocycles. The van der Waals surface area contributed by atoms with Crippen molar-refractivity contribution in [1.82, 2.24) is 9.97 Å². The average molecular weight is 403 g/mol. The lowest BCUT2D eigenvalue weighted by Gasteiger charge is -2.14. The number of hydrogen-bond donors (Lipinski definition) is 1. The molecule has 5 nitrogen and oxygen atoms in total. The molecular formula is C20H22N2O3S2. The zero-order valence-electron chi connectivity index (χ0n) is 15.2. The minimum absolute atomic E-state index is 0.187. The Kier molecular flexibility index (Phi) is 5.41. The van der Waals surface area contributed by atoms with Crippen LogP contribution in [0, 0.1) is 5.92 Å². The van der Waals surface area contributed by atoms with E-state index in [1.807, 2.05) is 22.9 Å². The van der Waals surface area contributed by atoms with Gasteiger partial charge in [0.2, 0.25) is 0 Å². The number of nitrogens with one attached hydrogen (secondary N) is 1. The number of aromatic amines is 1. The van der Waals surface area contributed by atoms with E-state index < -0.39 is 6.10 Å². The normalized spacial score (nSPS) is 16.0. The third-order valence-corrected chi connectivity index (χ3v) is 6.95. The predicted molar refractivity (Wildman–Crippen MR) is 109 cm³/mol. The van der Waals surface area contributed by atoms with Crippen molar-refractivity contribution < 1.29 is 9.53 Å². The van der Waals surface area contributed by atoms with Gasteiger partial charge in [-0.15, -0.1) is 22.7 Å². The van der Waals surface area contributed by atoms with E-state index in [9.17, 15) is 9.59 Å². The maximum absolute atomic E-state index is 12.6. The summed E-state index contributed by atoms with van der Waals surface area (Å²) >= 11 is 3.03. The number of rotatable bonds is 6. The number of ether oxygens (including phenoxy) is 1. The van der Waals surface area contributed by atoms with E-state index in [1.165, 1.54) is 37.0 Å². The van der Waals surface area contributed by atoms with Crippen molar-refractivity contribution in [3.8, 4) is 10.4 Å². The average Bonchev–Trinajstić information content (AvgIpc) is 3.39. The SMILES string of the molecule is C[C@H](OC(=O)CCC1CCCC1)c1nc2scc(-c3cccs3)c2c(=O)[nH]1. The van der Waals surface area contributed by atoms with Gasteiger partial charge in [0.1, 0.15) is 4.83 Å². The van der Waals surface area contributed by atoms with Crippen LogP contribution >= 0.6 is 22.7 Å². The lowest BCUT2D eigenvalue weighted by molar-refractivity contribution is -0.149. The first-order chi connectivity index (χ1) is 13.1. The fraction of sp³-hybridized carbons (Fsp3) is 0.450. The molecular weight excluding hydrogens is 380 g/mol. The first kappa shape index (κ1) is 18.4. The highest BCUT2D eigenvalue weighted by Gasteiger charge is 2.20. The van der Waals surface area contributed by atoms with Gasteiger partial charge in [-0.05, 0) is 30.7 Å². The Bertz CT molecular complexity index is 984. The fourth-order valence-corrected chi connectivity index (χ4v) is 5.47. The Labute approximate surface area is 165 Å². The number of carbonyl (C=O) groups is 1. The van der Waals surface area contributed by atoms with Crippen LogP contribution in [0.5, 0.6) is 0 Å². The summed E-state index contributed by atoms with van der Waals surface area (Å²) in [4.78, 5) is 33.9. The van der Waals surface area contributed by atoms with Crippen molar-refractivity contribution in [1.29, 1.82) is 0 Å². The largest absolute Gasteiger partial charge is 0.454 e. The van der Waals surface area contributed by atoms with Crippen molar-refractivity contribution >= 4 is 38.9 Å². The van der Waals surface area contributed by atoms with Crippen LogP contribution in [0.2, 0.25) is 0 Å². The van der Waals surface area contributed by atoms with Gasteiger partial charge < -0.3 is 9.72 Å². The van der Waals surface area contributed by atoms with Crippen molar-refractivity contribution in [3.63, 3.8) is 0 Å². The lowest BCUT2D eigenvalue weighted by atomic mass is 10.0. The second-order valence-electron chi connectivity index (χ2n) is 7.08. The van der Waals surface area contributed by atoms with E-state index in [2.05, 4.69) is 9.97 Å². The van der Waals surface area contributed by atoms with Gasteiger partial charge in [0.05, 0.1) is 5.39 Å². The molecule has 1 saturated carbocycles. The van der Waals surface area contributed by atoms with E-state index in [0.717, 1.165) is 16.9 Å². The molecule has 0 bridgehead atoms. The summed E-state index contributed by atoms with van der Waals surface area (Å²) in [6.07, 6.45) is 5.75. The van der Waals surface area contributed by atoms with E-state index in [1.54, 1.807) is 18.3 Å². The van der Waals surface area contributed by atoms with Crippen LogP contribution in [-0.4, -0.2) is 15.9 Å². The highest BCUT2D eigenvalue weighted by Crippen LogP contribution is 2.34. The Morgan fingerprint density at radius 3 is 2.93 bits per heavy atom. The molecule has 0 aliphatic heterocycles. The first-order valence-electron chi connectivity index (χ1n) is 9.36. The maximum atomic E-state index is 12.6. The molecule has 4 rings (SSSR count). The highest BCUT2D eigenvalue weighted by molar-refractivity contribution is 7.18. The van der Waals surface area contributed by atoms with Crippen LogP contribution < -0.4 is 5.56 Å². The molecule has 0 spiro atoms. The molecule has 3 aromatic heterocycles. The molecule has 0 amide bonds. The number of H-pyrrole nitrogens is 1. The van der Waals surface area contributed by atoms with E-state index >= 15 is 0 Å². The number of carbonyl (C=O) groups excluding carboxylic acids is 1. The zero-order chi connectivity index (χ0) is 18.8. The van der Waals surface area contributed by atoms with Crippen LogP contribution in [-0.2, 0) is 9.53 Å². The Hall–Kier alpha value is -1.99. The van der Waals surface area contributed by atoms with Crippen molar-refractivity contribution in [2.24, 2.45) is 5.92 Å². The molecule has 7 heteroatoms. The summed E-state index contributed by atoms with van der Waals surface area (Å²) in [5, 5.41) is 4.55. The molecule has 0 unspecified atom stereocenters. The van der Waals surface area contributed by atoms with Crippen molar-refractivity contribution in [2.75, 3.05) is 0 Å². The summed E-state index contributed by atoms with van der Waals surface area (Å²) < 4.78 is 5.51. The number of aromatic nitrogens is 2. The summed E-state index contributed by atoms with van der Waals surface area (Å²) in [6, 6.07) is 3.96. The molecule has 27 heavy (non-hydrogen) atoms. The van der Waals surface area contributed by atoms with Crippen molar-refractivity contribution in [3.05, 3.63) is 39.1 Å². The molecule has 142 valence electrons. The second kappa shape index (κ2) is 7.94. The van der Waals surface area contributed by atoms with Crippen molar-refractivity contribution in [2.45, 2.75) is 51.6 Å². The molecule has 1 aliphatic rings. The number of hydrogen-bond acceptors (Lipinski definition) is 6. The molecule has 1 fully saturated rings. The number of fused-ring (bicyclic) bond motifs is 1. The summed E-state index contributed by atoms with van der Waals surface area (Å²) in [7, 11) is 0. The van der Waals surface area contributed by atoms with Gasteiger partial charge in [0.25, 0.3) is 5.56 Å². The summed E-state index contributed by atoms with van der Waals surface area (Å²) in [5.41, 5.74) is 0.722. The smallest absolute Gasteiger partial charge is 0.306 e. The standard InChI is InChI=1S/C20H22N2O3S2/c1-12(25-16(23)9-8-13-5-2-3-6-13)18-21-19(24)17-14(11-27-20(17)22-18)15-7-4-10-26-15/h4,7,10-13H,2-3,5-6,8-9H2,1H3,(H,21,22,24)/t12-/m0/s1.